The first-order valence-electron chi connectivity index (χ1n) is 11.6. The summed E-state index contributed by atoms with van der Waals surface area (Å²) in [6, 6.07) is 9.09. The van der Waals surface area contributed by atoms with E-state index in [9.17, 15) is 9.90 Å². The summed E-state index contributed by atoms with van der Waals surface area (Å²) in [6.45, 7) is 2.53. The molecule has 3 fully saturated rings. The summed E-state index contributed by atoms with van der Waals surface area (Å²) in [6.07, 6.45) is 8.77. The smallest absolute Gasteiger partial charge is 0.136 e. The van der Waals surface area contributed by atoms with Crippen LogP contribution in [0.1, 0.15) is 76.2 Å². The normalized spacial score (nSPS) is 39.0. The number of anilines is 1. The van der Waals surface area contributed by atoms with Gasteiger partial charge in [-0.3, -0.25) is 4.79 Å². The molecule has 4 aliphatic rings. The van der Waals surface area contributed by atoms with Crippen LogP contribution in [0.4, 0.5) is 5.69 Å². The number of hydrogen-bond donors (Lipinski definition) is 1. The molecule has 1 aromatic carbocycles. The number of fused-ring (bicyclic) bond motifs is 4. The second-order valence-corrected chi connectivity index (χ2v) is 10.7. The first kappa shape index (κ1) is 19.4. The maximum absolute atomic E-state index is 12.2. The highest BCUT2D eigenvalue weighted by atomic mass is 16.3. The highest BCUT2D eigenvalue weighted by Gasteiger charge is 2.55. The fraction of sp³-hybridized carbons (Fsp3) is 0.654. The molecule has 0 saturated heterocycles. The lowest BCUT2D eigenvalue weighted by Gasteiger charge is -2.54. The number of carbonyl (C=O) groups is 1. The zero-order valence-corrected chi connectivity index (χ0v) is 18.2. The molecule has 0 bridgehead atoms. The molecule has 0 spiro atoms. The molecule has 0 heterocycles. The van der Waals surface area contributed by atoms with Crippen LogP contribution in [0.15, 0.2) is 35.4 Å². The van der Waals surface area contributed by atoms with Gasteiger partial charge in [0.2, 0.25) is 0 Å². The fourth-order valence-corrected chi connectivity index (χ4v) is 7.41. The Morgan fingerprint density at radius 3 is 2.55 bits per heavy atom. The molecule has 1 aromatic rings. The van der Waals surface area contributed by atoms with E-state index in [0.29, 0.717) is 30.1 Å². The topological polar surface area (TPSA) is 40.5 Å². The fourth-order valence-electron chi connectivity index (χ4n) is 7.41. The first-order valence-corrected chi connectivity index (χ1v) is 11.6. The lowest BCUT2D eigenvalue weighted by Crippen LogP contribution is -2.48. The van der Waals surface area contributed by atoms with Gasteiger partial charge in [0.15, 0.2) is 0 Å². The summed E-state index contributed by atoms with van der Waals surface area (Å²) in [5.74, 6) is 1.98. The minimum Gasteiger partial charge on any atom is -0.385 e. The summed E-state index contributed by atoms with van der Waals surface area (Å²) in [4.78, 5) is 14.3. The average molecular weight is 394 g/mol. The summed E-state index contributed by atoms with van der Waals surface area (Å²) < 4.78 is 0. The third-order valence-electron chi connectivity index (χ3n) is 8.82. The number of aliphatic hydroxyl groups is 1. The minimum atomic E-state index is -0.866. The van der Waals surface area contributed by atoms with Gasteiger partial charge in [-0.1, -0.05) is 31.1 Å². The van der Waals surface area contributed by atoms with Gasteiger partial charge >= 0.3 is 0 Å². The largest absolute Gasteiger partial charge is 0.385 e. The van der Waals surface area contributed by atoms with Crippen LogP contribution in [0.3, 0.4) is 0 Å². The van der Waals surface area contributed by atoms with Gasteiger partial charge in [0.05, 0.1) is 5.60 Å². The molecule has 3 heteroatoms. The molecule has 29 heavy (non-hydrogen) atoms. The number of rotatable bonds is 2. The van der Waals surface area contributed by atoms with Crippen molar-refractivity contribution >= 4 is 11.5 Å². The average Bonchev–Trinajstić information content (AvgIpc) is 3.08. The molecule has 3 nitrogen and oxygen atoms in total. The number of nitrogens with zero attached hydrogens (tertiary/aromatic N) is 1. The van der Waals surface area contributed by atoms with Gasteiger partial charge < -0.3 is 10.0 Å². The Bertz CT molecular complexity index is 854. The van der Waals surface area contributed by atoms with Crippen LogP contribution < -0.4 is 4.90 Å². The third kappa shape index (κ3) is 3.00. The van der Waals surface area contributed by atoms with Gasteiger partial charge in [-0.25, -0.2) is 0 Å². The number of ketones is 1. The maximum atomic E-state index is 12.2. The van der Waals surface area contributed by atoms with E-state index in [4.69, 9.17) is 0 Å². The lowest BCUT2D eigenvalue weighted by atomic mass is 9.52. The van der Waals surface area contributed by atoms with Crippen molar-refractivity contribution in [2.24, 2.45) is 17.3 Å². The van der Waals surface area contributed by atoms with Crippen molar-refractivity contribution < 1.29 is 9.90 Å². The van der Waals surface area contributed by atoms with Gasteiger partial charge in [-0.15, -0.1) is 0 Å². The lowest BCUT2D eigenvalue weighted by molar-refractivity contribution is -0.125. The zero-order valence-electron chi connectivity index (χ0n) is 18.2. The Kier molecular flexibility index (Phi) is 4.47. The SMILES string of the molecule is CN(C)c1ccc([C@H]2C[C@]3(C)CCC[C@H]3[C@@H]3CC[C@@]4(O)CC(=O)CCC4=C32)cc1. The number of allylic oxidation sites excluding steroid dienone is 1. The molecule has 0 unspecified atom stereocenters. The predicted octanol–water partition coefficient (Wildman–Crippen LogP) is 5.24. The van der Waals surface area contributed by atoms with E-state index in [0.717, 1.165) is 25.2 Å². The van der Waals surface area contributed by atoms with Gasteiger partial charge in [0.25, 0.3) is 0 Å². The highest BCUT2D eigenvalue weighted by molar-refractivity contribution is 5.82. The van der Waals surface area contributed by atoms with Crippen LogP contribution in [-0.4, -0.2) is 30.6 Å². The predicted molar refractivity (Wildman–Crippen MR) is 117 cm³/mol. The van der Waals surface area contributed by atoms with E-state index in [1.807, 2.05) is 0 Å². The Labute approximate surface area is 175 Å². The molecule has 3 saturated carbocycles. The van der Waals surface area contributed by atoms with E-state index < -0.39 is 5.60 Å². The van der Waals surface area contributed by atoms with Gasteiger partial charge in [-0.05, 0) is 79.0 Å². The summed E-state index contributed by atoms with van der Waals surface area (Å²) in [5.41, 5.74) is 4.97. The van der Waals surface area contributed by atoms with Crippen LogP contribution in [0, 0.1) is 17.3 Å². The third-order valence-corrected chi connectivity index (χ3v) is 8.82. The van der Waals surface area contributed by atoms with E-state index in [2.05, 4.69) is 50.2 Å². The number of benzene rings is 1. The van der Waals surface area contributed by atoms with Gasteiger partial charge in [-0.2, -0.15) is 0 Å². The molecular formula is C26H35NO2. The molecule has 0 aliphatic heterocycles. The Morgan fingerprint density at radius 1 is 1.07 bits per heavy atom. The highest BCUT2D eigenvalue weighted by Crippen LogP contribution is 2.64. The molecule has 0 amide bonds. The van der Waals surface area contributed by atoms with E-state index in [-0.39, 0.29) is 5.78 Å². The number of carbonyl (C=O) groups excluding carboxylic acids is 1. The van der Waals surface area contributed by atoms with Crippen LogP contribution in [-0.2, 0) is 4.79 Å². The van der Waals surface area contributed by atoms with E-state index >= 15 is 0 Å². The van der Waals surface area contributed by atoms with Crippen molar-refractivity contribution in [2.45, 2.75) is 76.2 Å². The summed E-state index contributed by atoms with van der Waals surface area (Å²) in [5, 5.41) is 11.5. The van der Waals surface area contributed by atoms with Crippen LogP contribution >= 0.6 is 0 Å². The van der Waals surface area contributed by atoms with E-state index in [1.165, 1.54) is 48.1 Å². The maximum Gasteiger partial charge on any atom is 0.136 e. The first-order chi connectivity index (χ1) is 13.8. The van der Waals surface area contributed by atoms with Gasteiger partial charge in [0, 0.05) is 38.5 Å². The molecular weight excluding hydrogens is 358 g/mol. The van der Waals surface area contributed by atoms with Crippen LogP contribution in [0.2, 0.25) is 0 Å². The van der Waals surface area contributed by atoms with Crippen molar-refractivity contribution in [3.63, 3.8) is 0 Å². The van der Waals surface area contributed by atoms with Crippen LogP contribution in [0.25, 0.3) is 0 Å². The van der Waals surface area contributed by atoms with Crippen molar-refractivity contribution in [3.8, 4) is 0 Å². The monoisotopic (exact) mass is 393 g/mol. The molecule has 0 radical (unpaired) electrons. The number of hydrogen-bond acceptors (Lipinski definition) is 3. The van der Waals surface area contributed by atoms with E-state index in [1.54, 1.807) is 0 Å². The molecule has 5 rings (SSSR count). The minimum absolute atomic E-state index is 0.240. The van der Waals surface area contributed by atoms with Crippen molar-refractivity contribution in [2.75, 3.05) is 19.0 Å². The zero-order chi connectivity index (χ0) is 20.4. The Balaban J connectivity index is 1.63. The second kappa shape index (κ2) is 6.70. The van der Waals surface area contributed by atoms with Crippen molar-refractivity contribution in [3.05, 3.63) is 41.0 Å². The second-order valence-electron chi connectivity index (χ2n) is 10.7. The number of Topliss-reactive ketones (excluding diaryl/α,β-unsaturated/α-hetero) is 1. The molecule has 5 atom stereocenters. The van der Waals surface area contributed by atoms with Crippen LogP contribution in [0.5, 0.6) is 0 Å². The Hall–Kier alpha value is -1.61. The van der Waals surface area contributed by atoms with Crippen molar-refractivity contribution in [1.29, 1.82) is 0 Å². The van der Waals surface area contributed by atoms with Crippen molar-refractivity contribution in [1.82, 2.24) is 0 Å². The summed E-state index contributed by atoms with van der Waals surface area (Å²) in [7, 11) is 4.17. The Morgan fingerprint density at radius 2 is 1.83 bits per heavy atom. The molecule has 156 valence electrons. The van der Waals surface area contributed by atoms with Gasteiger partial charge in [0.1, 0.15) is 5.78 Å². The molecule has 4 aliphatic carbocycles. The summed E-state index contributed by atoms with van der Waals surface area (Å²) >= 11 is 0. The molecule has 0 aromatic heterocycles. The molecule has 1 N–H and O–H groups in total. The standard InChI is InChI=1S/C26H35NO2/c1-25-13-4-5-22(25)20-12-14-26(29)15-19(28)10-11-23(26)24(20)21(16-25)17-6-8-18(9-7-17)27(2)3/h6-9,20-22,29H,4-5,10-16H2,1-3H3/t20-,21+,22-,25-,26+/m0/s1. The quantitative estimate of drug-likeness (QED) is 0.699.